The summed E-state index contributed by atoms with van der Waals surface area (Å²) in [6.45, 7) is 8.75. The van der Waals surface area contributed by atoms with Crippen LogP contribution in [0.5, 0.6) is 5.75 Å². The molecule has 0 radical (unpaired) electrons. The highest BCUT2D eigenvalue weighted by atomic mass is 32.2. The number of anilines is 2. The molecule has 1 aliphatic heterocycles. The number of nitrogens with zero attached hydrogens (tertiary/aromatic N) is 2. The molecule has 2 amide bonds. The summed E-state index contributed by atoms with van der Waals surface area (Å²) < 4.78 is 6.23. The lowest BCUT2D eigenvalue weighted by molar-refractivity contribution is 0.229. The predicted octanol–water partition coefficient (Wildman–Crippen LogP) is 6.12. The molecule has 35 heavy (non-hydrogen) atoms. The van der Waals surface area contributed by atoms with Crippen LogP contribution in [0.2, 0.25) is 0 Å². The van der Waals surface area contributed by atoms with Crippen LogP contribution in [0.4, 0.5) is 16.2 Å². The molecule has 2 heterocycles. The second-order valence-electron chi connectivity index (χ2n) is 9.74. The average molecular weight is 491 g/mol. The lowest BCUT2D eigenvalue weighted by Crippen LogP contribution is -2.39. The van der Waals surface area contributed by atoms with Gasteiger partial charge in [0.05, 0.1) is 11.7 Å². The van der Waals surface area contributed by atoms with E-state index in [0.717, 1.165) is 41.4 Å². The lowest BCUT2D eigenvalue weighted by atomic mass is 9.83. The molecular formula is C28H34N4O2S. The van der Waals surface area contributed by atoms with Gasteiger partial charge in [-0.05, 0) is 34.7 Å². The van der Waals surface area contributed by atoms with E-state index in [1.807, 2.05) is 66.4 Å². The van der Waals surface area contributed by atoms with Crippen molar-refractivity contribution in [1.29, 1.82) is 0 Å². The van der Waals surface area contributed by atoms with E-state index in [-0.39, 0.29) is 17.5 Å². The molecule has 7 heteroatoms. The molecule has 3 aromatic rings. The number of rotatable bonds is 7. The van der Waals surface area contributed by atoms with Crippen LogP contribution in [0.3, 0.4) is 0 Å². The van der Waals surface area contributed by atoms with Gasteiger partial charge in [0.15, 0.2) is 0 Å². The molecule has 4 rings (SSSR count). The third kappa shape index (κ3) is 6.92. The van der Waals surface area contributed by atoms with Crippen LogP contribution < -0.4 is 20.3 Å². The first-order valence-corrected chi connectivity index (χ1v) is 13.2. The van der Waals surface area contributed by atoms with Crippen molar-refractivity contribution in [3.05, 3.63) is 84.2 Å². The number of carbonyl (C=O) groups excluding carboxylic acids is 1. The number of aromatic nitrogens is 1. The Morgan fingerprint density at radius 3 is 2.54 bits per heavy atom. The van der Waals surface area contributed by atoms with Gasteiger partial charge < -0.3 is 20.3 Å². The maximum atomic E-state index is 13.1. The van der Waals surface area contributed by atoms with Crippen LogP contribution in [-0.2, 0) is 6.61 Å². The minimum Gasteiger partial charge on any atom is -0.487 e. The van der Waals surface area contributed by atoms with Crippen molar-refractivity contribution in [1.82, 2.24) is 10.3 Å². The van der Waals surface area contributed by atoms with E-state index >= 15 is 0 Å². The Hall–Kier alpha value is -3.19. The maximum absolute atomic E-state index is 13.1. The molecule has 1 unspecified atom stereocenters. The number of pyridine rings is 1. The summed E-state index contributed by atoms with van der Waals surface area (Å²) in [5, 5.41) is 6.17. The Labute approximate surface area is 212 Å². The summed E-state index contributed by atoms with van der Waals surface area (Å²) in [4.78, 5) is 19.7. The van der Waals surface area contributed by atoms with Gasteiger partial charge in [-0.3, -0.25) is 4.98 Å². The van der Waals surface area contributed by atoms with Gasteiger partial charge in [0.25, 0.3) is 0 Å². The third-order valence-electron chi connectivity index (χ3n) is 5.99. The molecule has 1 aromatic heterocycles. The number of amides is 2. The number of carbonyl (C=O) groups is 1. The van der Waals surface area contributed by atoms with Crippen molar-refractivity contribution < 1.29 is 9.53 Å². The molecule has 1 saturated heterocycles. The minimum atomic E-state index is -0.277. The summed E-state index contributed by atoms with van der Waals surface area (Å²) in [5.41, 5.74) is 3.61. The van der Waals surface area contributed by atoms with E-state index in [0.29, 0.717) is 18.0 Å². The number of thioether (sulfide) groups is 1. The highest BCUT2D eigenvalue weighted by Gasteiger charge is 2.28. The fourth-order valence-corrected chi connectivity index (χ4v) is 5.03. The second-order valence-corrected chi connectivity index (χ2v) is 11.0. The molecule has 0 spiro atoms. The van der Waals surface area contributed by atoms with Crippen molar-refractivity contribution in [2.24, 2.45) is 5.41 Å². The van der Waals surface area contributed by atoms with Crippen LogP contribution >= 0.6 is 11.8 Å². The molecule has 6 nitrogen and oxygen atoms in total. The number of nitrogens with one attached hydrogen (secondary N) is 2. The fourth-order valence-electron chi connectivity index (χ4n) is 4.12. The molecular weight excluding hydrogens is 456 g/mol. The zero-order chi connectivity index (χ0) is 24.7. The van der Waals surface area contributed by atoms with E-state index in [9.17, 15) is 4.79 Å². The van der Waals surface area contributed by atoms with Crippen molar-refractivity contribution in [2.75, 3.05) is 34.8 Å². The van der Waals surface area contributed by atoms with Crippen LogP contribution in [0.1, 0.15) is 37.9 Å². The van der Waals surface area contributed by atoms with E-state index < -0.39 is 0 Å². The van der Waals surface area contributed by atoms with Crippen LogP contribution in [0.15, 0.2) is 73.1 Å². The van der Waals surface area contributed by atoms with Gasteiger partial charge in [-0.15, -0.1) is 0 Å². The Balaban J connectivity index is 1.54. The first-order chi connectivity index (χ1) is 16.9. The number of hydrogen-bond acceptors (Lipinski definition) is 5. The van der Waals surface area contributed by atoms with Gasteiger partial charge in [0.1, 0.15) is 12.4 Å². The zero-order valence-electron chi connectivity index (χ0n) is 20.7. The Bertz CT molecular complexity index is 1100. The van der Waals surface area contributed by atoms with Crippen molar-refractivity contribution in [2.45, 2.75) is 33.4 Å². The van der Waals surface area contributed by atoms with Crippen molar-refractivity contribution in [3.63, 3.8) is 0 Å². The quantitative estimate of drug-likeness (QED) is 0.417. The maximum Gasteiger partial charge on any atom is 0.319 e. The second kappa shape index (κ2) is 11.5. The highest BCUT2D eigenvalue weighted by Crippen LogP contribution is 2.34. The molecule has 1 atom stereocenters. The summed E-state index contributed by atoms with van der Waals surface area (Å²) in [5.74, 6) is 2.89. The molecule has 0 saturated carbocycles. The van der Waals surface area contributed by atoms with Gasteiger partial charge in [0, 0.05) is 48.7 Å². The topological polar surface area (TPSA) is 66.5 Å². The van der Waals surface area contributed by atoms with Crippen LogP contribution in [0.25, 0.3) is 0 Å². The summed E-state index contributed by atoms with van der Waals surface area (Å²) >= 11 is 1.98. The van der Waals surface area contributed by atoms with Gasteiger partial charge in [-0.2, -0.15) is 11.8 Å². The number of ether oxygens (including phenoxy) is 1. The molecule has 184 valence electrons. The Kier molecular flexibility index (Phi) is 8.18. The standard InChI is InChI=1S/C28H34N4O2S/c1-28(2,3)26(22-10-7-13-29-19-22)31-27(33)30-24-12-11-23(32-14-16-35-17-15-32)18-25(24)34-20-21-8-5-4-6-9-21/h4-13,18-19,26H,14-17,20H2,1-3H3,(H2,30,31,33). The minimum absolute atomic E-state index is 0.191. The van der Waals surface area contributed by atoms with E-state index in [1.165, 1.54) is 0 Å². The highest BCUT2D eigenvalue weighted by molar-refractivity contribution is 7.99. The zero-order valence-corrected chi connectivity index (χ0v) is 21.5. The first-order valence-electron chi connectivity index (χ1n) is 12.0. The average Bonchev–Trinajstić information content (AvgIpc) is 2.87. The van der Waals surface area contributed by atoms with Crippen LogP contribution in [0, 0.1) is 5.41 Å². The largest absolute Gasteiger partial charge is 0.487 e. The number of benzene rings is 2. The van der Waals surface area contributed by atoms with Crippen molar-refractivity contribution >= 4 is 29.2 Å². The van der Waals surface area contributed by atoms with Gasteiger partial charge >= 0.3 is 6.03 Å². The van der Waals surface area contributed by atoms with Gasteiger partial charge in [0.2, 0.25) is 0 Å². The monoisotopic (exact) mass is 490 g/mol. The normalized spacial score (nSPS) is 14.8. The molecule has 2 N–H and O–H groups in total. The van der Waals surface area contributed by atoms with Gasteiger partial charge in [-0.1, -0.05) is 57.2 Å². The Morgan fingerprint density at radius 2 is 1.86 bits per heavy atom. The third-order valence-corrected chi connectivity index (χ3v) is 6.93. The number of urea groups is 1. The van der Waals surface area contributed by atoms with E-state index in [1.54, 1.807) is 12.4 Å². The predicted molar refractivity (Wildman–Crippen MR) is 145 cm³/mol. The molecule has 1 aliphatic rings. The first kappa shape index (κ1) is 24.9. The van der Waals surface area contributed by atoms with Gasteiger partial charge in [-0.25, -0.2) is 4.79 Å². The summed E-state index contributed by atoms with van der Waals surface area (Å²) in [7, 11) is 0. The van der Waals surface area contributed by atoms with Crippen LogP contribution in [-0.4, -0.2) is 35.6 Å². The fraction of sp³-hybridized carbons (Fsp3) is 0.357. The summed E-state index contributed by atoms with van der Waals surface area (Å²) in [6.07, 6.45) is 3.54. The molecule has 2 aromatic carbocycles. The molecule has 0 bridgehead atoms. The SMILES string of the molecule is CC(C)(C)C(NC(=O)Nc1ccc(N2CCSCC2)cc1OCc1ccccc1)c1cccnc1. The molecule has 0 aliphatic carbocycles. The van der Waals surface area contributed by atoms with E-state index in [4.69, 9.17) is 4.74 Å². The number of hydrogen-bond donors (Lipinski definition) is 2. The lowest BCUT2D eigenvalue weighted by Gasteiger charge is -2.32. The Morgan fingerprint density at radius 1 is 1.09 bits per heavy atom. The smallest absolute Gasteiger partial charge is 0.319 e. The van der Waals surface area contributed by atoms with E-state index in [2.05, 4.69) is 47.4 Å². The molecule has 1 fully saturated rings. The summed E-state index contributed by atoms with van der Waals surface area (Å²) in [6, 6.07) is 19.5. The van der Waals surface area contributed by atoms with Crippen molar-refractivity contribution in [3.8, 4) is 5.75 Å².